The highest BCUT2D eigenvalue weighted by Crippen LogP contribution is 2.37. The molecule has 0 unspecified atom stereocenters. The molecule has 5 heteroatoms. The van der Waals surface area contributed by atoms with Gasteiger partial charge in [0.05, 0.1) is 24.4 Å². The molecule has 49 heavy (non-hydrogen) atoms. The standard InChI is InChI=1S/C44H81BO4/c1-7-9-11-13-15-17-19-21-23-25-27-29-31-33-37-46-41-36-35-40(45-48-43(3,4)44(5,6)49-45)39-42(41)47-38-34-32-30-28-26-24-22-20-18-16-14-12-10-8-2/h35-36,39H,7-34,37-38H2,1-6H3. The molecule has 0 bridgehead atoms. The summed E-state index contributed by atoms with van der Waals surface area (Å²) in [6.45, 7) is 14.5. The molecule has 0 atom stereocenters. The van der Waals surface area contributed by atoms with Gasteiger partial charge in [-0.3, -0.25) is 0 Å². The number of ether oxygens (including phenoxy) is 2. The molecular formula is C44H81BO4. The van der Waals surface area contributed by atoms with Gasteiger partial charge in [-0.15, -0.1) is 0 Å². The van der Waals surface area contributed by atoms with E-state index in [4.69, 9.17) is 18.8 Å². The first kappa shape index (κ1) is 44.0. The van der Waals surface area contributed by atoms with Crippen LogP contribution in [0.5, 0.6) is 11.5 Å². The van der Waals surface area contributed by atoms with Crippen molar-refractivity contribution in [3.63, 3.8) is 0 Å². The summed E-state index contributed by atoms with van der Waals surface area (Å²) in [4.78, 5) is 0. The molecule has 0 aliphatic carbocycles. The van der Waals surface area contributed by atoms with Crippen LogP contribution in [0.2, 0.25) is 0 Å². The van der Waals surface area contributed by atoms with Crippen LogP contribution in [0.3, 0.4) is 0 Å². The Morgan fingerprint density at radius 1 is 0.429 bits per heavy atom. The highest BCUT2D eigenvalue weighted by Gasteiger charge is 2.51. The van der Waals surface area contributed by atoms with Crippen molar-refractivity contribution < 1.29 is 18.8 Å². The molecule has 1 aromatic rings. The third-order valence-corrected chi connectivity index (χ3v) is 11.0. The fourth-order valence-electron chi connectivity index (χ4n) is 6.84. The van der Waals surface area contributed by atoms with Crippen molar-refractivity contribution in [2.75, 3.05) is 13.2 Å². The lowest BCUT2D eigenvalue weighted by molar-refractivity contribution is 0.00578. The Labute approximate surface area is 306 Å². The third-order valence-electron chi connectivity index (χ3n) is 11.0. The summed E-state index contributed by atoms with van der Waals surface area (Å²) in [6, 6.07) is 6.24. The van der Waals surface area contributed by atoms with Crippen molar-refractivity contribution in [1.29, 1.82) is 0 Å². The van der Waals surface area contributed by atoms with E-state index in [1.54, 1.807) is 0 Å². The minimum absolute atomic E-state index is 0.365. The van der Waals surface area contributed by atoms with Crippen molar-refractivity contribution in [2.24, 2.45) is 0 Å². The topological polar surface area (TPSA) is 36.9 Å². The predicted octanol–water partition coefficient (Wildman–Crippen LogP) is 13.7. The molecule has 1 heterocycles. The van der Waals surface area contributed by atoms with Gasteiger partial charge >= 0.3 is 7.12 Å². The van der Waals surface area contributed by atoms with E-state index in [1.807, 2.05) is 0 Å². The molecule has 0 amide bonds. The summed E-state index contributed by atoms with van der Waals surface area (Å²) >= 11 is 0. The Bertz CT molecular complexity index is 900. The van der Waals surface area contributed by atoms with Crippen LogP contribution in [0.15, 0.2) is 18.2 Å². The van der Waals surface area contributed by atoms with Crippen LogP contribution in [-0.2, 0) is 9.31 Å². The lowest BCUT2D eigenvalue weighted by Gasteiger charge is -2.32. The molecule has 1 aromatic carbocycles. The molecule has 0 spiro atoms. The predicted molar refractivity (Wildman–Crippen MR) is 214 cm³/mol. The van der Waals surface area contributed by atoms with Crippen LogP contribution in [-0.4, -0.2) is 31.5 Å². The van der Waals surface area contributed by atoms with Crippen LogP contribution < -0.4 is 14.9 Å². The van der Waals surface area contributed by atoms with Gasteiger partial charge in [0.25, 0.3) is 0 Å². The van der Waals surface area contributed by atoms with Crippen LogP contribution in [0.4, 0.5) is 0 Å². The smallest absolute Gasteiger partial charge is 0.490 e. The van der Waals surface area contributed by atoms with E-state index in [0.29, 0.717) is 0 Å². The summed E-state index contributed by atoms with van der Waals surface area (Å²) in [5.41, 5.74) is 0.268. The van der Waals surface area contributed by atoms with Gasteiger partial charge in [0.1, 0.15) is 0 Å². The number of benzene rings is 1. The second-order valence-corrected chi connectivity index (χ2v) is 16.2. The van der Waals surface area contributed by atoms with Gasteiger partial charge < -0.3 is 18.8 Å². The molecule has 284 valence electrons. The summed E-state index contributed by atoms with van der Waals surface area (Å²) in [7, 11) is -0.395. The Morgan fingerprint density at radius 3 is 1.08 bits per heavy atom. The zero-order valence-electron chi connectivity index (χ0n) is 33.7. The van der Waals surface area contributed by atoms with Crippen molar-refractivity contribution >= 4 is 12.6 Å². The molecule has 1 aliphatic heterocycles. The van der Waals surface area contributed by atoms with Crippen molar-refractivity contribution in [3.8, 4) is 11.5 Å². The van der Waals surface area contributed by atoms with Crippen LogP contribution >= 0.6 is 0 Å². The lowest BCUT2D eigenvalue weighted by Crippen LogP contribution is -2.41. The minimum atomic E-state index is -0.395. The summed E-state index contributed by atoms with van der Waals surface area (Å²) < 4.78 is 25.4. The second kappa shape index (κ2) is 27.5. The average Bonchev–Trinajstić information content (AvgIpc) is 3.30. The van der Waals surface area contributed by atoms with E-state index < -0.39 is 7.12 Å². The number of hydrogen-bond acceptors (Lipinski definition) is 4. The van der Waals surface area contributed by atoms with E-state index >= 15 is 0 Å². The molecule has 0 aromatic heterocycles. The minimum Gasteiger partial charge on any atom is -0.490 e. The normalized spacial score (nSPS) is 15.3. The van der Waals surface area contributed by atoms with E-state index in [9.17, 15) is 0 Å². The van der Waals surface area contributed by atoms with Crippen LogP contribution in [0.1, 0.15) is 221 Å². The van der Waals surface area contributed by atoms with Gasteiger partial charge in [-0.05, 0) is 58.1 Å². The van der Waals surface area contributed by atoms with Crippen molar-refractivity contribution in [1.82, 2.24) is 0 Å². The van der Waals surface area contributed by atoms with E-state index in [-0.39, 0.29) is 11.2 Å². The Kier molecular flexibility index (Phi) is 24.6. The van der Waals surface area contributed by atoms with Crippen molar-refractivity contribution in [2.45, 2.75) is 233 Å². The van der Waals surface area contributed by atoms with Crippen LogP contribution in [0.25, 0.3) is 0 Å². The second-order valence-electron chi connectivity index (χ2n) is 16.2. The molecule has 2 rings (SSSR count). The SMILES string of the molecule is CCCCCCCCCCCCCCCCOc1ccc(B2OC(C)(C)C(C)(C)O2)cc1OCCCCCCCCCCCCCCCC. The molecule has 0 N–H and O–H groups in total. The first-order valence-electron chi connectivity index (χ1n) is 21.6. The monoisotopic (exact) mass is 685 g/mol. The molecule has 1 saturated heterocycles. The number of hydrogen-bond donors (Lipinski definition) is 0. The van der Waals surface area contributed by atoms with Gasteiger partial charge in [-0.2, -0.15) is 0 Å². The van der Waals surface area contributed by atoms with Crippen molar-refractivity contribution in [3.05, 3.63) is 18.2 Å². The zero-order valence-corrected chi connectivity index (χ0v) is 33.7. The maximum atomic E-state index is 6.39. The Hall–Kier alpha value is -1.20. The fourth-order valence-corrected chi connectivity index (χ4v) is 6.84. The molecule has 1 aliphatic rings. The summed E-state index contributed by atoms with van der Waals surface area (Å²) in [5.74, 6) is 1.67. The maximum Gasteiger partial charge on any atom is 0.494 e. The summed E-state index contributed by atoms with van der Waals surface area (Å²) in [5, 5.41) is 0. The largest absolute Gasteiger partial charge is 0.494 e. The van der Waals surface area contributed by atoms with Crippen LogP contribution in [0, 0.1) is 0 Å². The highest BCUT2D eigenvalue weighted by molar-refractivity contribution is 6.62. The molecule has 0 radical (unpaired) electrons. The highest BCUT2D eigenvalue weighted by atomic mass is 16.7. The fraction of sp³-hybridized carbons (Fsp3) is 0.864. The van der Waals surface area contributed by atoms with Gasteiger partial charge in [-0.1, -0.05) is 187 Å². The van der Waals surface area contributed by atoms with Gasteiger partial charge in [0, 0.05) is 0 Å². The molecular weight excluding hydrogens is 603 g/mol. The average molecular weight is 685 g/mol. The Morgan fingerprint density at radius 2 is 0.735 bits per heavy atom. The third kappa shape index (κ3) is 19.8. The first-order chi connectivity index (χ1) is 23.8. The Balaban J connectivity index is 1.65. The van der Waals surface area contributed by atoms with Gasteiger partial charge in [-0.25, -0.2) is 0 Å². The lowest BCUT2D eigenvalue weighted by atomic mass is 9.79. The van der Waals surface area contributed by atoms with E-state index in [1.165, 1.54) is 167 Å². The molecule has 4 nitrogen and oxygen atoms in total. The van der Waals surface area contributed by atoms with E-state index in [2.05, 4.69) is 59.7 Å². The summed E-state index contributed by atoms with van der Waals surface area (Å²) in [6.07, 6.45) is 38.2. The van der Waals surface area contributed by atoms with Gasteiger partial charge in [0.2, 0.25) is 0 Å². The number of unbranched alkanes of at least 4 members (excludes halogenated alkanes) is 26. The maximum absolute atomic E-state index is 6.39. The molecule has 0 saturated carbocycles. The zero-order chi connectivity index (χ0) is 35.5. The quantitative estimate of drug-likeness (QED) is 0.0545. The van der Waals surface area contributed by atoms with E-state index in [0.717, 1.165) is 43.0 Å². The van der Waals surface area contributed by atoms with Gasteiger partial charge in [0.15, 0.2) is 11.5 Å². The first-order valence-corrected chi connectivity index (χ1v) is 21.6. The number of rotatable bonds is 33. The molecule has 1 fully saturated rings.